The summed E-state index contributed by atoms with van der Waals surface area (Å²) in [6.07, 6.45) is 0. The van der Waals surface area contributed by atoms with Gasteiger partial charge in [0.05, 0.1) is 12.0 Å². The number of nitrogens with zero attached hydrogens (tertiary/aromatic N) is 2. The first-order chi connectivity index (χ1) is 9.01. The number of anilines is 1. The van der Waals surface area contributed by atoms with Crippen LogP contribution < -0.4 is 15.0 Å². The molecule has 0 aliphatic carbocycles. The standard InChI is InChI=1S/C13H19N3O3/c1-9-7-15(8-10(2)14-9)13-6-11(19-3)4-5-12(13)16(17)18/h4-6,9-10,14H,7-8H2,1-3H3. The van der Waals surface area contributed by atoms with E-state index in [0.29, 0.717) is 23.5 Å². The van der Waals surface area contributed by atoms with Crippen LogP contribution in [0.3, 0.4) is 0 Å². The van der Waals surface area contributed by atoms with Gasteiger partial charge in [0.1, 0.15) is 11.4 Å². The van der Waals surface area contributed by atoms with Gasteiger partial charge in [-0.1, -0.05) is 0 Å². The highest BCUT2D eigenvalue weighted by atomic mass is 16.6. The summed E-state index contributed by atoms with van der Waals surface area (Å²) in [5.74, 6) is 0.638. The highest BCUT2D eigenvalue weighted by Gasteiger charge is 2.26. The molecule has 104 valence electrons. The average Bonchev–Trinajstić information content (AvgIpc) is 2.36. The maximum Gasteiger partial charge on any atom is 0.292 e. The van der Waals surface area contributed by atoms with Crippen molar-refractivity contribution in [1.82, 2.24) is 5.32 Å². The van der Waals surface area contributed by atoms with Gasteiger partial charge in [-0.15, -0.1) is 0 Å². The highest BCUT2D eigenvalue weighted by Crippen LogP contribution is 2.33. The summed E-state index contributed by atoms with van der Waals surface area (Å²) in [6.45, 7) is 5.65. The van der Waals surface area contributed by atoms with Crippen LogP contribution in [0.2, 0.25) is 0 Å². The number of ether oxygens (including phenoxy) is 1. The van der Waals surface area contributed by atoms with Gasteiger partial charge in [-0.2, -0.15) is 0 Å². The van der Waals surface area contributed by atoms with E-state index in [1.807, 2.05) is 4.90 Å². The number of nitro groups is 1. The van der Waals surface area contributed by atoms with Crippen molar-refractivity contribution in [3.63, 3.8) is 0 Å². The Bertz CT molecular complexity index is 468. The van der Waals surface area contributed by atoms with E-state index in [1.54, 1.807) is 19.2 Å². The van der Waals surface area contributed by atoms with Crippen LogP contribution in [0, 0.1) is 10.1 Å². The summed E-state index contributed by atoms with van der Waals surface area (Å²) in [7, 11) is 1.56. The Morgan fingerprint density at radius 1 is 1.37 bits per heavy atom. The largest absolute Gasteiger partial charge is 0.497 e. The lowest BCUT2D eigenvalue weighted by Gasteiger charge is -2.37. The predicted octanol–water partition coefficient (Wildman–Crippen LogP) is 1.79. The van der Waals surface area contributed by atoms with E-state index in [4.69, 9.17) is 4.74 Å². The molecule has 6 nitrogen and oxygen atoms in total. The fourth-order valence-corrected chi connectivity index (χ4v) is 2.56. The Morgan fingerprint density at radius 2 is 2.00 bits per heavy atom. The Morgan fingerprint density at radius 3 is 2.53 bits per heavy atom. The molecular formula is C13H19N3O3. The third-order valence-electron chi connectivity index (χ3n) is 3.28. The second-order valence-corrected chi connectivity index (χ2v) is 4.99. The normalized spacial score (nSPS) is 23.2. The smallest absolute Gasteiger partial charge is 0.292 e. The first kappa shape index (κ1) is 13.6. The van der Waals surface area contributed by atoms with E-state index in [0.717, 1.165) is 13.1 Å². The van der Waals surface area contributed by atoms with Crippen molar-refractivity contribution in [3.05, 3.63) is 28.3 Å². The van der Waals surface area contributed by atoms with E-state index < -0.39 is 0 Å². The first-order valence-electron chi connectivity index (χ1n) is 6.34. The molecule has 0 saturated carbocycles. The molecule has 2 rings (SSSR count). The first-order valence-corrected chi connectivity index (χ1v) is 6.34. The molecule has 0 bridgehead atoms. The molecular weight excluding hydrogens is 246 g/mol. The molecule has 19 heavy (non-hydrogen) atoms. The minimum atomic E-state index is -0.341. The molecule has 1 aliphatic rings. The van der Waals surface area contributed by atoms with Crippen molar-refractivity contribution in [2.24, 2.45) is 0 Å². The summed E-state index contributed by atoms with van der Waals surface area (Å²) >= 11 is 0. The summed E-state index contributed by atoms with van der Waals surface area (Å²) in [5.41, 5.74) is 0.756. The zero-order chi connectivity index (χ0) is 14.0. The van der Waals surface area contributed by atoms with Crippen molar-refractivity contribution in [3.8, 4) is 5.75 Å². The quantitative estimate of drug-likeness (QED) is 0.666. The molecule has 1 aromatic carbocycles. The van der Waals surface area contributed by atoms with Crippen LogP contribution in [-0.4, -0.2) is 37.2 Å². The van der Waals surface area contributed by atoms with Gasteiger partial charge in [-0.05, 0) is 19.9 Å². The van der Waals surface area contributed by atoms with Crippen LogP contribution in [0.15, 0.2) is 18.2 Å². The van der Waals surface area contributed by atoms with Crippen molar-refractivity contribution in [2.45, 2.75) is 25.9 Å². The molecule has 2 atom stereocenters. The number of piperazine rings is 1. The summed E-state index contributed by atoms with van der Waals surface area (Å²) in [4.78, 5) is 12.9. The van der Waals surface area contributed by atoms with E-state index in [9.17, 15) is 10.1 Å². The number of nitrogens with one attached hydrogen (secondary N) is 1. The Labute approximate surface area is 112 Å². The molecule has 1 heterocycles. The fourth-order valence-electron chi connectivity index (χ4n) is 2.56. The van der Waals surface area contributed by atoms with Gasteiger partial charge >= 0.3 is 0 Å². The minimum absolute atomic E-state index is 0.127. The van der Waals surface area contributed by atoms with Crippen LogP contribution in [0.4, 0.5) is 11.4 Å². The zero-order valence-electron chi connectivity index (χ0n) is 11.4. The van der Waals surface area contributed by atoms with Crippen LogP contribution >= 0.6 is 0 Å². The van der Waals surface area contributed by atoms with Crippen molar-refractivity contribution >= 4 is 11.4 Å². The van der Waals surface area contributed by atoms with E-state index in [2.05, 4.69) is 19.2 Å². The van der Waals surface area contributed by atoms with Crippen LogP contribution in [0.1, 0.15) is 13.8 Å². The van der Waals surface area contributed by atoms with Gasteiger partial charge < -0.3 is 15.0 Å². The fraction of sp³-hybridized carbons (Fsp3) is 0.538. The second kappa shape index (κ2) is 5.44. The minimum Gasteiger partial charge on any atom is -0.497 e. The highest BCUT2D eigenvalue weighted by molar-refractivity contribution is 5.66. The monoisotopic (exact) mass is 265 g/mol. The number of hydrogen-bond donors (Lipinski definition) is 1. The molecule has 0 amide bonds. The lowest BCUT2D eigenvalue weighted by atomic mass is 10.1. The van der Waals surface area contributed by atoms with Gasteiger partial charge in [0.15, 0.2) is 0 Å². The van der Waals surface area contributed by atoms with Crippen LogP contribution in [0.5, 0.6) is 5.75 Å². The third-order valence-corrected chi connectivity index (χ3v) is 3.28. The molecule has 1 saturated heterocycles. The Hall–Kier alpha value is -1.82. The molecule has 0 spiro atoms. The lowest BCUT2D eigenvalue weighted by Crippen LogP contribution is -2.54. The summed E-state index contributed by atoms with van der Waals surface area (Å²) < 4.78 is 5.17. The van der Waals surface area contributed by atoms with Crippen molar-refractivity contribution in [2.75, 3.05) is 25.1 Å². The molecule has 1 fully saturated rings. The Kier molecular flexibility index (Phi) is 3.90. The number of rotatable bonds is 3. The maximum absolute atomic E-state index is 11.1. The zero-order valence-corrected chi connectivity index (χ0v) is 11.4. The molecule has 1 aliphatic heterocycles. The van der Waals surface area contributed by atoms with E-state index in [-0.39, 0.29) is 10.6 Å². The Balaban J connectivity index is 2.38. The van der Waals surface area contributed by atoms with Gasteiger partial charge in [0.2, 0.25) is 0 Å². The van der Waals surface area contributed by atoms with Gasteiger partial charge in [-0.25, -0.2) is 0 Å². The topological polar surface area (TPSA) is 67.6 Å². The SMILES string of the molecule is COc1ccc([N+](=O)[O-])c(N2CC(C)NC(C)C2)c1. The van der Waals surface area contributed by atoms with Gasteiger partial charge in [-0.3, -0.25) is 10.1 Å². The summed E-state index contributed by atoms with van der Waals surface area (Å²) in [6, 6.07) is 5.47. The van der Waals surface area contributed by atoms with Crippen molar-refractivity contribution < 1.29 is 9.66 Å². The predicted molar refractivity (Wildman–Crippen MR) is 73.9 cm³/mol. The van der Waals surface area contributed by atoms with Crippen molar-refractivity contribution in [1.29, 1.82) is 0 Å². The molecule has 0 aromatic heterocycles. The molecule has 0 radical (unpaired) electrons. The number of hydrogen-bond acceptors (Lipinski definition) is 5. The van der Waals surface area contributed by atoms with Crippen LogP contribution in [0.25, 0.3) is 0 Å². The van der Waals surface area contributed by atoms with Crippen LogP contribution in [-0.2, 0) is 0 Å². The maximum atomic E-state index is 11.1. The third kappa shape index (κ3) is 2.96. The molecule has 2 unspecified atom stereocenters. The second-order valence-electron chi connectivity index (χ2n) is 4.99. The molecule has 1 aromatic rings. The van der Waals surface area contributed by atoms with Gasteiger partial charge in [0.25, 0.3) is 5.69 Å². The molecule has 1 N–H and O–H groups in total. The molecule has 6 heteroatoms. The van der Waals surface area contributed by atoms with E-state index >= 15 is 0 Å². The summed E-state index contributed by atoms with van der Waals surface area (Å²) in [5, 5.41) is 14.6. The average molecular weight is 265 g/mol. The van der Waals surface area contributed by atoms with E-state index in [1.165, 1.54) is 6.07 Å². The number of benzene rings is 1. The number of methoxy groups -OCH3 is 1. The lowest BCUT2D eigenvalue weighted by molar-refractivity contribution is -0.384. The number of nitro benzene ring substituents is 1. The van der Waals surface area contributed by atoms with Gasteiger partial charge in [0, 0.05) is 37.3 Å².